The number of imide groups is 1. The zero-order chi connectivity index (χ0) is 19.7. The Kier molecular flexibility index (Phi) is 5.05. The van der Waals surface area contributed by atoms with Crippen molar-refractivity contribution < 1.29 is 14.3 Å². The molecule has 2 amide bonds. The maximum Gasteiger partial charge on any atom is 0.261 e. The van der Waals surface area contributed by atoms with Crippen LogP contribution in [-0.4, -0.2) is 67.5 Å². The minimum Gasteiger partial charge on any atom is -0.485 e. The van der Waals surface area contributed by atoms with E-state index >= 15 is 0 Å². The number of para-hydroxylation sites is 2. The van der Waals surface area contributed by atoms with Crippen LogP contribution in [0.4, 0.5) is 5.69 Å². The van der Waals surface area contributed by atoms with Gasteiger partial charge in [0.2, 0.25) is 0 Å². The molecule has 28 heavy (non-hydrogen) atoms. The van der Waals surface area contributed by atoms with Gasteiger partial charge in [-0.15, -0.1) is 0 Å². The van der Waals surface area contributed by atoms with E-state index in [1.807, 2.05) is 25.2 Å². The second kappa shape index (κ2) is 7.64. The van der Waals surface area contributed by atoms with Gasteiger partial charge in [-0.3, -0.25) is 14.5 Å². The first-order chi connectivity index (χ1) is 13.6. The maximum absolute atomic E-state index is 12.5. The van der Waals surface area contributed by atoms with E-state index in [1.54, 1.807) is 24.3 Å². The number of hydrogen-bond acceptors (Lipinski definition) is 5. The number of hydrogen-bond donors (Lipinski definition) is 0. The summed E-state index contributed by atoms with van der Waals surface area (Å²) in [7, 11) is 2.00. The molecule has 1 atom stereocenters. The van der Waals surface area contributed by atoms with Gasteiger partial charge in [0.05, 0.1) is 23.4 Å². The first kappa shape index (κ1) is 18.5. The lowest BCUT2D eigenvalue weighted by Crippen LogP contribution is -2.47. The van der Waals surface area contributed by atoms with Gasteiger partial charge in [-0.25, -0.2) is 0 Å². The van der Waals surface area contributed by atoms with Crippen molar-refractivity contribution in [3.8, 4) is 5.75 Å². The maximum atomic E-state index is 12.5. The summed E-state index contributed by atoms with van der Waals surface area (Å²) in [6, 6.07) is 15.1. The van der Waals surface area contributed by atoms with Gasteiger partial charge < -0.3 is 14.5 Å². The van der Waals surface area contributed by atoms with Crippen LogP contribution in [0.2, 0.25) is 0 Å². The number of ether oxygens (including phenoxy) is 1. The van der Waals surface area contributed by atoms with Crippen molar-refractivity contribution in [2.75, 3.05) is 44.7 Å². The number of fused-ring (bicyclic) bond motifs is 2. The van der Waals surface area contributed by atoms with Gasteiger partial charge in [-0.2, -0.15) is 0 Å². The first-order valence-electron chi connectivity index (χ1n) is 9.73. The van der Waals surface area contributed by atoms with Gasteiger partial charge >= 0.3 is 0 Å². The zero-order valence-corrected chi connectivity index (χ0v) is 16.3. The molecule has 0 spiro atoms. The van der Waals surface area contributed by atoms with Crippen molar-refractivity contribution in [2.45, 2.75) is 13.0 Å². The molecule has 2 aliphatic heterocycles. The molecule has 0 aromatic heterocycles. The highest BCUT2D eigenvalue weighted by atomic mass is 16.5. The Morgan fingerprint density at radius 2 is 1.68 bits per heavy atom. The molecule has 0 bridgehead atoms. The van der Waals surface area contributed by atoms with Crippen molar-refractivity contribution in [1.82, 2.24) is 9.80 Å². The summed E-state index contributed by atoms with van der Waals surface area (Å²) in [5.74, 6) is 0.511. The molecular formula is C22H25N3O3. The summed E-state index contributed by atoms with van der Waals surface area (Å²) in [5.41, 5.74) is 2.14. The predicted octanol–water partition coefficient (Wildman–Crippen LogP) is 2.50. The van der Waals surface area contributed by atoms with Crippen molar-refractivity contribution in [3.05, 3.63) is 59.7 Å². The number of amides is 2. The molecule has 2 aliphatic rings. The quantitative estimate of drug-likeness (QED) is 0.722. The fraction of sp³-hybridized carbons (Fsp3) is 0.364. The van der Waals surface area contributed by atoms with E-state index in [2.05, 4.69) is 22.8 Å². The average molecular weight is 379 g/mol. The van der Waals surface area contributed by atoms with Crippen LogP contribution in [0, 0.1) is 0 Å². The number of benzene rings is 2. The summed E-state index contributed by atoms with van der Waals surface area (Å²) >= 11 is 0. The molecule has 2 aromatic carbocycles. The SMILES string of the molecule is CCN1CC(CN(C)CCN2C(=O)c3ccccc3C2=O)Oc2ccccc21. The predicted molar refractivity (Wildman–Crippen MR) is 108 cm³/mol. The lowest BCUT2D eigenvalue weighted by Gasteiger charge is -2.37. The fourth-order valence-electron chi connectivity index (χ4n) is 3.93. The summed E-state index contributed by atoms with van der Waals surface area (Å²) in [6.45, 7) is 5.61. The van der Waals surface area contributed by atoms with Gasteiger partial charge in [0.15, 0.2) is 0 Å². The van der Waals surface area contributed by atoms with E-state index < -0.39 is 0 Å². The third-order valence-corrected chi connectivity index (χ3v) is 5.40. The molecule has 0 fully saturated rings. The van der Waals surface area contributed by atoms with Crippen LogP contribution in [0.5, 0.6) is 5.75 Å². The second-order valence-electron chi connectivity index (χ2n) is 7.32. The Balaban J connectivity index is 1.35. The van der Waals surface area contributed by atoms with E-state index in [1.165, 1.54) is 4.90 Å². The number of rotatable bonds is 6. The molecular weight excluding hydrogens is 354 g/mol. The third-order valence-electron chi connectivity index (χ3n) is 5.40. The van der Waals surface area contributed by atoms with Crippen LogP contribution >= 0.6 is 0 Å². The van der Waals surface area contributed by atoms with Crippen LogP contribution in [0.1, 0.15) is 27.6 Å². The van der Waals surface area contributed by atoms with Crippen molar-refractivity contribution >= 4 is 17.5 Å². The summed E-state index contributed by atoms with van der Waals surface area (Å²) < 4.78 is 6.17. The molecule has 0 saturated heterocycles. The van der Waals surface area contributed by atoms with Gasteiger partial charge in [0, 0.05) is 26.2 Å². The number of anilines is 1. The molecule has 2 heterocycles. The molecule has 2 aromatic rings. The molecule has 0 radical (unpaired) electrons. The van der Waals surface area contributed by atoms with Crippen molar-refractivity contribution in [3.63, 3.8) is 0 Å². The molecule has 6 heteroatoms. The van der Waals surface area contributed by atoms with E-state index in [4.69, 9.17) is 4.74 Å². The highest BCUT2D eigenvalue weighted by Crippen LogP contribution is 2.32. The lowest BCUT2D eigenvalue weighted by molar-refractivity contribution is 0.0632. The standard InChI is InChI=1S/C22H25N3O3/c1-3-24-15-16(28-20-11-7-6-10-19(20)24)14-23(2)12-13-25-21(26)17-8-4-5-9-18(17)22(25)27/h4-11,16H,3,12-15H2,1-2H3. The van der Waals surface area contributed by atoms with Crippen LogP contribution in [-0.2, 0) is 0 Å². The molecule has 0 N–H and O–H groups in total. The number of nitrogens with zero attached hydrogens (tertiary/aromatic N) is 3. The molecule has 6 nitrogen and oxygen atoms in total. The highest BCUT2D eigenvalue weighted by Gasteiger charge is 2.35. The largest absolute Gasteiger partial charge is 0.485 e. The van der Waals surface area contributed by atoms with E-state index in [0.717, 1.165) is 31.1 Å². The summed E-state index contributed by atoms with van der Waals surface area (Å²) in [5, 5.41) is 0. The van der Waals surface area contributed by atoms with E-state index in [9.17, 15) is 9.59 Å². The normalized spacial score (nSPS) is 18.3. The smallest absolute Gasteiger partial charge is 0.261 e. The van der Waals surface area contributed by atoms with E-state index in [-0.39, 0.29) is 17.9 Å². The molecule has 0 saturated carbocycles. The van der Waals surface area contributed by atoms with Crippen LogP contribution < -0.4 is 9.64 Å². The first-order valence-corrected chi connectivity index (χ1v) is 9.73. The molecule has 1 unspecified atom stereocenters. The van der Waals surface area contributed by atoms with Gasteiger partial charge in [0.25, 0.3) is 11.8 Å². The Bertz CT molecular complexity index is 863. The van der Waals surface area contributed by atoms with Gasteiger partial charge in [0.1, 0.15) is 11.9 Å². The Morgan fingerprint density at radius 1 is 1.04 bits per heavy atom. The Labute approximate surface area is 165 Å². The van der Waals surface area contributed by atoms with Crippen LogP contribution in [0.25, 0.3) is 0 Å². The van der Waals surface area contributed by atoms with Crippen molar-refractivity contribution in [2.24, 2.45) is 0 Å². The highest BCUT2D eigenvalue weighted by molar-refractivity contribution is 6.21. The van der Waals surface area contributed by atoms with Crippen molar-refractivity contribution in [1.29, 1.82) is 0 Å². The lowest BCUT2D eigenvalue weighted by atomic mass is 10.1. The van der Waals surface area contributed by atoms with E-state index in [0.29, 0.717) is 24.2 Å². The van der Waals surface area contributed by atoms with Crippen LogP contribution in [0.15, 0.2) is 48.5 Å². The average Bonchev–Trinajstić information content (AvgIpc) is 2.96. The molecule has 0 aliphatic carbocycles. The fourth-order valence-corrected chi connectivity index (χ4v) is 3.93. The zero-order valence-electron chi connectivity index (χ0n) is 16.3. The third kappa shape index (κ3) is 3.36. The summed E-state index contributed by atoms with van der Waals surface area (Å²) in [4.78, 5) is 30.8. The Hall–Kier alpha value is -2.86. The number of carbonyl (C=O) groups excluding carboxylic acids is 2. The number of carbonyl (C=O) groups is 2. The monoisotopic (exact) mass is 379 g/mol. The molecule has 4 rings (SSSR count). The number of likely N-dealkylation sites (N-methyl/N-ethyl adjacent to an activating group) is 2. The van der Waals surface area contributed by atoms with Gasteiger partial charge in [-0.1, -0.05) is 24.3 Å². The minimum absolute atomic E-state index is 0.0435. The minimum atomic E-state index is -0.200. The Morgan fingerprint density at radius 3 is 2.36 bits per heavy atom. The summed E-state index contributed by atoms with van der Waals surface area (Å²) in [6.07, 6.45) is 0.0435. The molecule has 146 valence electrons. The second-order valence-corrected chi connectivity index (χ2v) is 7.32. The van der Waals surface area contributed by atoms with Crippen LogP contribution in [0.3, 0.4) is 0 Å². The topological polar surface area (TPSA) is 53.1 Å². The van der Waals surface area contributed by atoms with Gasteiger partial charge in [-0.05, 0) is 38.2 Å².